The zero-order valence-corrected chi connectivity index (χ0v) is 9.82. The van der Waals surface area contributed by atoms with Crippen LogP contribution in [-0.4, -0.2) is 10.1 Å². The van der Waals surface area contributed by atoms with Crippen molar-refractivity contribution in [1.82, 2.24) is 4.98 Å². The van der Waals surface area contributed by atoms with E-state index in [1.54, 1.807) is 6.20 Å². The Bertz CT molecular complexity index is 664. The number of aliphatic hydroxyl groups excluding tert-OH is 1. The van der Waals surface area contributed by atoms with Gasteiger partial charge in [-0.3, -0.25) is 4.98 Å². The van der Waals surface area contributed by atoms with E-state index < -0.39 is 6.10 Å². The number of nitrogens with zero attached hydrogens (tertiary/aromatic N) is 1. The molecule has 0 unspecified atom stereocenters. The van der Waals surface area contributed by atoms with E-state index in [0.717, 1.165) is 16.3 Å². The van der Waals surface area contributed by atoms with Crippen LogP contribution in [0.15, 0.2) is 66.9 Å². The zero-order valence-electron chi connectivity index (χ0n) is 9.82. The maximum atomic E-state index is 10.3. The number of aliphatic hydroxyl groups is 1. The molecule has 1 atom stereocenters. The highest BCUT2D eigenvalue weighted by Gasteiger charge is 2.11. The van der Waals surface area contributed by atoms with Gasteiger partial charge in [-0.05, 0) is 17.0 Å². The van der Waals surface area contributed by atoms with Crippen molar-refractivity contribution >= 4 is 10.8 Å². The lowest BCUT2D eigenvalue weighted by Gasteiger charge is -2.11. The molecule has 0 aliphatic rings. The van der Waals surface area contributed by atoms with Crippen LogP contribution in [-0.2, 0) is 0 Å². The highest BCUT2D eigenvalue weighted by molar-refractivity contribution is 5.81. The van der Waals surface area contributed by atoms with Gasteiger partial charge in [-0.25, -0.2) is 0 Å². The summed E-state index contributed by atoms with van der Waals surface area (Å²) in [7, 11) is 0. The largest absolute Gasteiger partial charge is 0.382 e. The molecular weight excluding hydrogens is 222 g/mol. The van der Waals surface area contributed by atoms with Crippen LogP contribution in [0.3, 0.4) is 0 Å². The lowest BCUT2D eigenvalue weighted by atomic mass is 10.0. The second-order valence-corrected chi connectivity index (χ2v) is 4.27. The summed E-state index contributed by atoms with van der Waals surface area (Å²) in [5, 5.41) is 12.5. The monoisotopic (exact) mass is 235 g/mol. The van der Waals surface area contributed by atoms with Crippen molar-refractivity contribution in [3.05, 3.63) is 78.1 Å². The van der Waals surface area contributed by atoms with Crippen LogP contribution in [0.25, 0.3) is 10.8 Å². The standard InChI is InChI=1S/C16H13NO/c18-16(12-6-2-1-3-7-12)15-10-13-8-4-5-9-14(13)11-17-15/h1-11,16,18H/t16-/m0/s1. The van der Waals surface area contributed by atoms with E-state index in [2.05, 4.69) is 4.98 Å². The van der Waals surface area contributed by atoms with Gasteiger partial charge in [0.25, 0.3) is 0 Å². The van der Waals surface area contributed by atoms with Crippen molar-refractivity contribution in [2.24, 2.45) is 0 Å². The SMILES string of the molecule is O[C@@H](c1ccccc1)c1cc2ccccc2cn1. The number of rotatable bonds is 2. The minimum atomic E-state index is -0.671. The second-order valence-electron chi connectivity index (χ2n) is 4.27. The van der Waals surface area contributed by atoms with Gasteiger partial charge in [-0.15, -0.1) is 0 Å². The fourth-order valence-corrected chi connectivity index (χ4v) is 2.06. The minimum Gasteiger partial charge on any atom is -0.382 e. The summed E-state index contributed by atoms with van der Waals surface area (Å²) in [5.41, 5.74) is 1.54. The van der Waals surface area contributed by atoms with Gasteiger partial charge >= 0.3 is 0 Å². The molecule has 0 amide bonds. The molecule has 0 aliphatic carbocycles. The number of fused-ring (bicyclic) bond motifs is 1. The van der Waals surface area contributed by atoms with Crippen LogP contribution in [0, 0.1) is 0 Å². The summed E-state index contributed by atoms with van der Waals surface area (Å²) in [6.07, 6.45) is 1.13. The molecule has 18 heavy (non-hydrogen) atoms. The zero-order chi connectivity index (χ0) is 12.4. The molecule has 3 aromatic rings. The Morgan fingerprint density at radius 1 is 0.833 bits per heavy atom. The quantitative estimate of drug-likeness (QED) is 0.739. The number of aromatic nitrogens is 1. The third-order valence-electron chi connectivity index (χ3n) is 3.05. The number of pyridine rings is 1. The summed E-state index contributed by atoms with van der Waals surface area (Å²) in [6, 6.07) is 19.5. The molecule has 0 saturated heterocycles. The number of hydrogen-bond acceptors (Lipinski definition) is 2. The van der Waals surface area contributed by atoms with Gasteiger partial charge in [0.2, 0.25) is 0 Å². The maximum Gasteiger partial charge on any atom is 0.121 e. The third-order valence-corrected chi connectivity index (χ3v) is 3.05. The highest BCUT2D eigenvalue weighted by Crippen LogP contribution is 2.22. The van der Waals surface area contributed by atoms with E-state index in [1.807, 2.05) is 60.7 Å². The first-order valence-electron chi connectivity index (χ1n) is 5.92. The van der Waals surface area contributed by atoms with Crippen LogP contribution in [0.1, 0.15) is 17.4 Å². The van der Waals surface area contributed by atoms with E-state index >= 15 is 0 Å². The van der Waals surface area contributed by atoms with Crippen molar-refractivity contribution in [3.63, 3.8) is 0 Å². The predicted octanol–water partition coefficient (Wildman–Crippen LogP) is 3.32. The molecule has 3 rings (SSSR count). The van der Waals surface area contributed by atoms with E-state index in [0.29, 0.717) is 5.69 Å². The van der Waals surface area contributed by atoms with E-state index in [-0.39, 0.29) is 0 Å². The molecule has 2 nitrogen and oxygen atoms in total. The van der Waals surface area contributed by atoms with Crippen LogP contribution >= 0.6 is 0 Å². The van der Waals surface area contributed by atoms with Crippen molar-refractivity contribution in [2.45, 2.75) is 6.10 Å². The first-order chi connectivity index (χ1) is 8.84. The van der Waals surface area contributed by atoms with Crippen LogP contribution in [0.4, 0.5) is 0 Å². The summed E-state index contributed by atoms with van der Waals surface area (Å²) in [4.78, 5) is 4.33. The highest BCUT2D eigenvalue weighted by atomic mass is 16.3. The smallest absolute Gasteiger partial charge is 0.121 e. The van der Waals surface area contributed by atoms with Crippen LogP contribution in [0.5, 0.6) is 0 Å². The van der Waals surface area contributed by atoms with Gasteiger partial charge in [0.1, 0.15) is 6.10 Å². The summed E-state index contributed by atoms with van der Waals surface area (Å²) < 4.78 is 0. The molecule has 0 spiro atoms. The van der Waals surface area contributed by atoms with Gasteiger partial charge in [-0.1, -0.05) is 54.6 Å². The molecule has 0 saturated carbocycles. The van der Waals surface area contributed by atoms with Gasteiger partial charge in [0, 0.05) is 11.6 Å². The normalized spacial score (nSPS) is 12.5. The Kier molecular flexibility index (Phi) is 2.79. The Balaban J connectivity index is 2.04. The summed E-state index contributed by atoms with van der Waals surface area (Å²) in [5.74, 6) is 0. The molecule has 0 fully saturated rings. The molecule has 1 N–H and O–H groups in total. The second kappa shape index (κ2) is 4.59. The van der Waals surface area contributed by atoms with Gasteiger partial charge < -0.3 is 5.11 Å². The van der Waals surface area contributed by atoms with Crippen molar-refractivity contribution in [1.29, 1.82) is 0 Å². The molecule has 0 aliphatic heterocycles. The van der Waals surface area contributed by atoms with Crippen LogP contribution < -0.4 is 0 Å². The first kappa shape index (κ1) is 10.9. The molecule has 1 heterocycles. The van der Waals surface area contributed by atoms with Crippen molar-refractivity contribution in [3.8, 4) is 0 Å². The van der Waals surface area contributed by atoms with Crippen molar-refractivity contribution in [2.75, 3.05) is 0 Å². The number of benzene rings is 2. The topological polar surface area (TPSA) is 33.1 Å². The average Bonchev–Trinajstić information content (AvgIpc) is 2.47. The van der Waals surface area contributed by atoms with E-state index in [9.17, 15) is 5.11 Å². The minimum absolute atomic E-state index is 0.671. The molecular formula is C16H13NO. The number of hydrogen-bond donors (Lipinski definition) is 1. The lowest BCUT2D eigenvalue weighted by Crippen LogP contribution is -2.01. The predicted molar refractivity (Wildman–Crippen MR) is 72.2 cm³/mol. The molecule has 0 bridgehead atoms. The molecule has 2 heteroatoms. The molecule has 88 valence electrons. The maximum absolute atomic E-state index is 10.3. The Hall–Kier alpha value is -2.19. The first-order valence-corrected chi connectivity index (χ1v) is 5.92. The molecule has 0 radical (unpaired) electrons. The lowest BCUT2D eigenvalue weighted by molar-refractivity contribution is 0.215. The third kappa shape index (κ3) is 1.98. The molecule has 1 aromatic heterocycles. The van der Waals surface area contributed by atoms with Crippen molar-refractivity contribution < 1.29 is 5.11 Å². The Morgan fingerprint density at radius 2 is 1.50 bits per heavy atom. The average molecular weight is 235 g/mol. The fraction of sp³-hybridized carbons (Fsp3) is 0.0625. The van der Waals surface area contributed by atoms with Gasteiger partial charge in [0.05, 0.1) is 5.69 Å². The summed E-state index contributed by atoms with van der Waals surface area (Å²) in [6.45, 7) is 0. The van der Waals surface area contributed by atoms with E-state index in [1.165, 1.54) is 0 Å². The Morgan fingerprint density at radius 3 is 2.28 bits per heavy atom. The van der Waals surface area contributed by atoms with Gasteiger partial charge in [-0.2, -0.15) is 0 Å². The fourth-order valence-electron chi connectivity index (χ4n) is 2.06. The molecule has 2 aromatic carbocycles. The van der Waals surface area contributed by atoms with Crippen LogP contribution in [0.2, 0.25) is 0 Å². The van der Waals surface area contributed by atoms with E-state index in [4.69, 9.17) is 0 Å². The van der Waals surface area contributed by atoms with Gasteiger partial charge in [0.15, 0.2) is 0 Å². The Labute approximate surface area is 106 Å². The summed E-state index contributed by atoms with van der Waals surface area (Å²) >= 11 is 0.